The van der Waals surface area contributed by atoms with Gasteiger partial charge in [0.05, 0.1) is 30.6 Å². The largest absolute Gasteiger partial charge is 0.545 e. The second-order valence-corrected chi connectivity index (χ2v) is 19.1. The summed E-state index contributed by atoms with van der Waals surface area (Å²) >= 11 is 6.10. The lowest BCUT2D eigenvalue weighted by molar-refractivity contribution is -0.255. The van der Waals surface area contributed by atoms with E-state index >= 15 is 0 Å². The molecular formula is C55H52ClN5O7. The van der Waals surface area contributed by atoms with Gasteiger partial charge in [0.25, 0.3) is 11.8 Å². The zero-order valence-electron chi connectivity index (χ0n) is 38.3. The van der Waals surface area contributed by atoms with E-state index in [0.29, 0.717) is 57.2 Å². The molecule has 12 nitrogen and oxygen atoms in total. The van der Waals surface area contributed by atoms with Gasteiger partial charge < -0.3 is 34.9 Å². The number of hydrogen-bond donors (Lipinski definition) is 2. The van der Waals surface area contributed by atoms with Crippen molar-refractivity contribution in [3.8, 4) is 17.2 Å². The third-order valence-corrected chi connectivity index (χ3v) is 14.8. The van der Waals surface area contributed by atoms with Crippen LogP contribution in [0.1, 0.15) is 108 Å². The SMILES string of the molecule is COc1ccc2c(c1)c(CC(=O)NCCCNC(=O)c1ccc(C(=O)[O-])c(C3=c4cc5c6c(c4Oc4c3cc3c7c4CCCN7CCC3)CCC[N+]=6CCC5)c1)c(C)n2C(=O)c1ccc(Cl)cc1. The Morgan fingerprint density at radius 1 is 0.794 bits per heavy atom. The minimum atomic E-state index is -1.31. The van der Waals surface area contributed by atoms with Gasteiger partial charge in [-0.25, -0.2) is 4.58 Å². The topological polar surface area (TPSA) is 145 Å². The minimum absolute atomic E-state index is 0.0187. The second-order valence-electron chi connectivity index (χ2n) is 18.6. The van der Waals surface area contributed by atoms with E-state index in [1.807, 2.05) is 19.1 Å². The number of nitrogens with one attached hydrogen (secondary N) is 2. The van der Waals surface area contributed by atoms with Crippen molar-refractivity contribution < 1.29 is 33.8 Å². The van der Waals surface area contributed by atoms with Crippen molar-refractivity contribution >= 4 is 57.5 Å². The number of hydrogen-bond acceptors (Lipinski definition) is 8. The molecule has 5 aliphatic heterocycles. The molecule has 0 saturated carbocycles. The van der Waals surface area contributed by atoms with Crippen molar-refractivity contribution in [2.24, 2.45) is 0 Å². The fourth-order valence-electron chi connectivity index (χ4n) is 11.5. The van der Waals surface area contributed by atoms with Crippen LogP contribution in [0.5, 0.6) is 17.2 Å². The highest BCUT2D eigenvalue weighted by molar-refractivity contribution is 6.30. The molecule has 5 aromatic carbocycles. The van der Waals surface area contributed by atoms with Crippen molar-refractivity contribution in [3.05, 3.63) is 150 Å². The standard InChI is InChI=1S/C55H52ClN5O7/c1-31-41(42-29-37(67-2)17-19-46(42)61(31)54(64)32-12-15-36(56)16-13-32)30-47(62)57-20-7-21-58-53(63)35-14-18-38(55(65)66)43(28-35)48-44-26-33-8-3-22-59-24-5-10-39(49(33)59)51(44)68-52-40-11-6-25-60-23-4-9-34(50(40)60)27-45(48)52/h12-19,26-29H,3-11,20-25,30H2,1-2H3,(H2-,57,58,62,63,65,66). The van der Waals surface area contributed by atoms with Gasteiger partial charge in [-0.15, -0.1) is 0 Å². The first-order chi connectivity index (χ1) is 33.1. The fourth-order valence-corrected chi connectivity index (χ4v) is 11.6. The summed E-state index contributed by atoms with van der Waals surface area (Å²) in [5.74, 6) is 0.0672. The summed E-state index contributed by atoms with van der Waals surface area (Å²) in [4.78, 5) is 56.8. The number of carboxylic acids is 1. The third-order valence-electron chi connectivity index (χ3n) is 14.6. The summed E-state index contributed by atoms with van der Waals surface area (Å²) in [6, 6.07) is 21.3. The maximum absolute atomic E-state index is 14.0. The molecule has 346 valence electrons. The van der Waals surface area contributed by atoms with Crippen LogP contribution < -0.4 is 45.3 Å². The van der Waals surface area contributed by atoms with Gasteiger partial charge in [0.2, 0.25) is 11.3 Å². The molecule has 0 radical (unpaired) electrons. The number of nitrogens with zero attached hydrogens (tertiary/aromatic N) is 3. The van der Waals surface area contributed by atoms with Gasteiger partial charge in [0.15, 0.2) is 0 Å². The first-order valence-electron chi connectivity index (χ1n) is 23.9. The van der Waals surface area contributed by atoms with Crippen LogP contribution in [0.15, 0.2) is 72.8 Å². The van der Waals surface area contributed by atoms with Gasteiger partial charge in [-0.1, -0.05) is 17.7 Å². The van der Waals surface area contributed by atoms with Gasteiger partial charge in [0, 0.05) is 105 Å². The van der Waals surface area contributed by atoms with Crippen molar-refractivity contribution in [3.63, 3.8) is 0 Å². The molecule has 0 atom stereocenters. The molecule has 0 unspecified atom stereocenters. The first-order valence-corrected chi connectivity index (χ1v) is 24.3. The summed E-state index contributed by atoms with van der Waals surface area (Å²) in [5.41, 5.74) is 11.0. The number of halogens is 1. The number of aryl methyl sites for hydroxylation is 2. The van der Waals surface area contributed by atoms with Crippen LogP contribution in [-0.4, -0.2) is 74.6 Å². The Morgan fingerprint density at radius 2 is 1.53 bits per heavy atom. The highest BCUT2D eigenvalue weighted by atomic mass is 35.5. The summed E-state index contributed by atoms with van der Waals surface area (Å²) in [6.45, 7) is 6.42. The molecule has 0 fully saturated rings. The summed E-state index contributed by atoms with van der Waals surface area (Å²) in [6.07, 6.45) is 8.19. The Kier molecular flexibility index (Phi) is 11.3. The van der Waals surface area contributed by atoms with Gasteiger partial charge >= 0.3 is 0 Å². The number of rotatable bonds is 11. The van der Waals surface area contributed by atoms with E-state index in [9.17, 15) is 24.3 Å². The lowest BCUT2D eigenvalue weighted by Crippen LogP contribution is -2.45. The van der Waals surface area contributed by atoms with E-state index in [-0.39, 0.29) is 36.3 Å². The van der Waals surface area contributed by atoms with Crippen molar-refractivity contribution in [1.29, 1.82) is 0 Å². The molecule has 0 saturated heterocycles. The summed E-state index contributed by atoms with van der Waals surface area (Å²) in [5, 5.41) is 22.5. The number of carbonyl (C=O) groups excluding carboxylic acids is 4. The lowest BCUT2D eigenvalue weighted by Gasteiger charge is -2.39. The number of aromatic carboxylic acids is 1. The predicted molar refractivity (Wildman–Crippen MR) is 259 cm³/mol. The number of methoxy groups -OCH3 is 1. The molecule has 1 aromatic heterocycles. The smallest absolute Gasteiger partial charge is 0.262 e. The van der Waals surface area contributed by atoms with Crippen LogP contribution in [-0.2, 0) is 36.9 Å². The van der Waals surface area contributed by atoms with Crippen LogP contribution >= 0.6 is 11.6 Å². The Labute approximate surface area is 398 Å². The number of ether oxygens (including phenoxy) is 2. The average molecular weight is 931 g/mol. The Hall–Kier alpha value is -6.92. The fraction of sp³-hybridized carbons (Fsp3) is 0.327. The molecule has 0 bridgehead atoms. The monoisotopic (exact) mass is 929 g/mol. The Balaban J connectivity index is 0.863. The number of carboxylic acid groups (broad SMARTS) is 1. The molecule has 6 heterocycles. The normalized spacial score (nSPS) is 15.4. The Bertz CT molecular complexity index is 3280. The number of anilines is 1. The minimum Gasteiger partial charge on any atom is -0.545 e. The first kappa shape index (κ1) is 43.6. The number of carbonyl (C=O) groups is 4. The van der Waals surface area contributed by atoms with Crippen LogP contribution in [0.2, 0.25) is 5.02 Å². The summed E-state index contributed by atoms with van der Waals surface area (Å²) in [7, 11) is 1.57. The molecule has 0 spiro atoms. The van der Waals surface area contributed by atoms with Crippen LogP contribution in [0.25, 0.3) is 16.5 Å². The average Bonchev–Trinajstić information content (AvgIpc) is 3.62. The molecule has 2 N–H and O–H groups in total. The quantitative estimate of drug-likeness (QED) is 0.127. The molecule has 11 rings (SSSR count). The van der Waals surface area contributed by atoms with Crippen molar-refractivity contribution in [1.82, 2.24) is 19.8 Å². The highest BCUT2D eigenvalue weighted by Crippen LogP contribution is 2.49. The molecule has 2 amide bonds. The number of aromatic nitrogens is 1. The molecular weight excluding hydrogens is 878 g/mol. The molecule has 13 heteroatoms. The highest BCUT2D eigenvalue weighted by Gasteiger charge is 2.36. The zero-order chi connectivity index (χ0) is 46.8. The van der Waals surface area contributed by atoms with Crippen LogP contribution in [0.4, 0.5) is 5.69 Å². The maximum atomic E-state index is 14.0. The van der Waals surface area contributed by atoms with E-state index in [1.54, 1.807) is 54.1 Å². The zero-order valence-corrected chi connectivity index (χ0v) is 39.1. The van der Waals surface area contributed by atoms with E-state index in [1.165, 1.54) is 39.4 Å². The van der Waals surface area contributed by atoms with E-state index in [4.69, 9.17) is 21.1 Å². The van der Waals surface area contributed by atoms with Crippen molar-refractivity contribution in [2.45, 2.75) is 71.1 Å². The van der Waals surface area contributed by atoms with Crippen molar-refractivity contribution in [2.75, 3.05) is 51.3 Å². The molecule has 0 aliphatic carbocycles. The van der Waals surface area contributed by atoms with E-state index < -0.39 is 5.97 Å². The third kappa shape index (κ3) is 7.49. The molecule has 6 aromatic rings. The van der Waals surface area contributed by atoms with Gasteiger partial charge in [-0.2, -0.15) is 0 Å². The molecule has 68 heavy (non-hydrogen) atoms. The van der Waals surface area contributed by atoms with Gasteiger partial charge in [0.1, 0.15) is 30.3 Å². The molecule has 5 aliphatic rings. The van der Waals surface area contributed by atoms with Crippen LogP contribution in [0.3, 0.4) is 0 Å². The van der Waals surface area contributed by atoms with Crippen LogP contribution in [0, 0.1) is 6.92 Å². The van der Waals surface area contributed by atoms with Gasteiger partial charge in [-0.3, -0.25) is 19.0 Å². The number of fused-ring (bicyclic) bond motifs is 5. The second kappa shape index (κ2) is 17.6. The summed E-state index contributed by atoms with van der Waals surface area (Å²) < 4.78 is 16.8. The van der Waals surface area contributed by atoms with E-state index in [0.717, 1.165) is 111 Å². The predicted octanol–water partition coefficient (Wildman–Crippen LogP) is 5.58. The van der Waals surface area contributed by atoms with Gasteiger partial charge in [-0.05, 0) is 135 Å². The Morgan fingerprint density at radius 3 is 2.32 bits per heavy atom. The maximum Gasteiger partial charge on any atom is 0.262 e. The van der Waals surface area contributed by atoms with E-state index in [2.05, 4.69) is 32.2 Å². The number of amides is 2. The lowest BCUT2D eigenvalue weighted by atomic mass is 9.81. The number of benzene rings is 5.